The molecule has 0 radical (unpaired) electrons. The van der Waals surface area contributed by atoms with Crippen LogP contribution in [0.3, 0.4) is 0 Å². The van der Waals surface area contributed by atoms with Crippen molar-refractivity contribution in [2.75, 3.05) is 19.9 Å². The second-order valence-electron chi connectivity index (χ2n) is 2.66. The zero-order valence-corrected chi connectivity index (χ0v) is 7.93. The number of nitrogens with one attached hydrogen (secondary N) is 1. The van der Waals surface area contributed by atoms with Gasteiger partial charge in [0.05, 0.1) is 18.4 Å². The van der Waals surface area contributed by atoms with E-state index in [1.807, 2.05) is 0 Å². The van der Waals surface area contributed by atoms with Gasteiger partial charge in [-0.15, -0.1) is 0 Å². The van der Waals surface area contributed by atoms with Gasteiger partial charge in [-0.1, -0.05) is 0 Å². The van der Waals surface area contributed by atoms with Gasteiger partial charge in [0, 0.05) is 13.1 Å². The number of methoxy groups -OCH3 is 1. The molecule has 0 heterocycles. The first-order valence-corrected chi connectivity index (χ1v) is 3.95. The molecule has 0 atom stereocenters. The molecule has 5 heteroatoms. The van der Waals surface area contributed by atoms with E-state index in [1.165, 1.54) is 26.3 Å². The summed E-state index contributed by atoms with van der Waals surface area (Å²) in [6, 6.07) is 2.62. The first kappa shape index (κ1) is 10.3. The van der Waals surface area contributed by atoms with Crippen LogP contribution in [0, 0.1) is 5.82 Å². The fourth-order valence-electron chi connectivity index (χ4n) is 1.04. The van der Waals surface area contributed by atoms with Gasteiger partial charge in [-0.05, 0) is 6.07 Å². The van der Waals surface area contributed by atoms with Crippen molar-refractivity contribution in [1.82, 2.24) is 5.32 Å². The van der Waals surface area contributed by atoms with E-state index in [2.05, 4.69) is 5.32 Å². The molecule has 76 valence electrons. The number of ether oxygens (including phenoxy) is 1. The van der Waals surface area contributed by atoms with Crippen molar-refractivity contribution in [2.24, 2.45) is 0 Å². The summed E-state index contributed by atoms with van der Waals surface area (Å²) in [4.78, 5) is 11.2. The number of carbonyl (C=O) groups is 1. The number of amides is 1. The van der Waals surface area contributed by atoms with Crippen LogP contribution >= 0.6 is 0 Å². The Balaban J connectivity index is 3.27. The van der Waals surface area contributed by atoms with Crippen LogP contribution in [0.25, 0.3) is 0 Å². The van der Waals surface area contributed by atoms with Crippen molar-refractivity contribution in [1.29, 1.82) is 0 Å². The Morgan fingerprint density at radius 2 is 2.21 bits per heavy atom. The van der Waals surface area contributed by atoms with E-state index in [1.54, 1.807) is 0 Å². The molecular formula is C9H11FN2O2. The zero-order chi connectivity index (χ0) is 10.7. The number of benzene rings is 1. The van der Waals surface area contributed by atoms with Crippen LogP contribution in [0.5, 0.6) is 5.75 Å². The van der Waals surface area contributed by atoms with Crippen LogP contribution in [0.4, 0.5) is 10.1 Å². The van der Waals surface area contributed by atoms with Crippen molar-refractivity contribution >= 4 is 11.6 Å². The smallest absolute Gasteiger partial charge is 0.254 e. The molecule has 0 aliphatic carbocycles. The lowest BCUT2D eigenvalue weighted by Crippen LogP contribution is -2.20. The molecular weight excluding hydrogens is 187 g/mol. The SMILES string of the molecule is CNC(=O)c1cc(OC)cc(N)c1F. The molecule has 1 aromatic carbocycles. The largest absolute Gasteiger partial charge is 0.497 e. The van der Waals surface area contributed by atoms with Gasteiger partial charge in [-0.2, -0.15) is 0 Å². The lowest BCUT2D eigenvalue weighted by atomic mass is 10.1. The maximum atomic E-state index is 13.3. The third-order valence-corrected chi connectivity index (χ3v) is 1.78. The predicted molar refractivity (Wildman–Crippen MR) is 50.8 cm³/mol. The molecule has 0 fully saturated rings. The number of halogens is 1. The maximum absolute atomic E-state index is 13.3. The summed E-state index contributed by atoms with van der Waals surface area (Å²) in [6.45, 7) is 0. The van der Waals surface area contributed by atoms with E-state index in [-0.39, 0.29) is 11.3 Å². The Hall–Kier alpha value is -1.78. The van der Waals surface area contributed by atoms with Crippen molar-refractivity contribution in [2.45, 2.75) is 0 Å². The summed E-state index contributed by atoms with van der Waals surface area (Å²) in [6.07, 6.45) is 0. The highest BCUT2D eigenvalue weighted by Crippen LogP contribution is 2.22. The Morgan fingerprint density at radius 1 is 1.57 bits per heavy atom. The summed E-state index contributed by atoms with van der Waals surface area (Å²) in [5, 5.41) is 2.31. The molecule has 1 rings (SSSR count). The summed E-state index contributed by atoms with van der Waals surface area (Å²) >= 11 is 0. The average Bonchev–Trinajstić information content (AvgIpc) is 2.20. The first-order chi connectivity index (χ1) is 6.60. The third kappa shape index (κ3) is 1.76. The number of hydrogen-bond acceptors (Lipinski definition) is 3. The average molecular weight is 198 g/mol. The highest BCUT2D eigenvalue weighted by atomic mass is 19.1. The number of hydrogen-bond donors (Lipinski definition) is 2. The second kappa shape index (κ2) is 3.95. The molecule has 1 aromatic rings. The number of nitrogens with two attached hydrogens (primary N) is 1. The van der Waals surface area contributed by atoms with Gasteiger partial charge in [-0.3, -0.25) is 4.79 Å². The lowest BCUT2D eigenvalue weighted by Gasteiger charge is -2.07. The highest BCUT2D eigenvalue weighted by Gasteiger charge is 2.14. The molecule has 0 saturated carbocycles. The van der Waals surface area contributed by atoms with Crippen molar-refractivity contribution < 1.29 is 13.9 Å². The Bertz CT molecular complexity index is 366. The predicted octanol–water partition coefficient (Wildman–Crippen LogP) is 0.776. The molecule has 0 saturated heterocycles. The van der Waals surface area contributed by atoms with Gasteiger partial charge in [0.2, 0.25) is 0 Å². The Morgan fingerprint density at radius 3 is 2.71 bits per heavy atom. The van der Waals surface area contributed by atoms with E-state index >= 15 is 0 Å². The topological polar surface area (TPSA) is 64.3 Å². The van der Waals surface area contributed by atoms with E-state index in [0.717, 1.165) is 0 Å². The monoisotopic (exact) mass is 198 g/mol. The minimum atomic E-state index is -0.731. The quantitative estimate of drug-likeness (QED) is 0.690. The molecule has 1 amide bonds. The summed E-state index contributed by atoms with van der Waals surface area (Å²) in [5.41, 5.74) is 5.13. The standard InChI is InChI=1S/C9H11FN2O2/c1-12-9(13)6-3-5(14-2)4-7(11)8(6)10/h3-4H,11H2,1-2H3,(H,12,13). The fourth-order valence-corrected chi connectivity index (χ4v) is 1.04. The first-order valence-electron chi connectivity index (χ1n) is 3.95. The molecule has 0 bridgehead atoms. The zero-order valence-electron chi connectivity index (χ0n) is 7.93. The van der Waals surface area contributed by atoms with Gasteiger partial charge < -0.3 is 15.8 Å². The van der Waals surface area contributed by atoms with Crippen molar-refractivity contribution in [3.8, 4) is 5.75 Å². The minimum absolute atomic E-state index is 0.108. The van der Waals surface area contributed by atoms with Gasteiger partial charge in [0.15, 0.2) is 5.82 Å². The van der Waals surface area contributed by atoms with E-state index in [9.17, 15) is 9.18 Å². The van der Waals surface area contributed by atoms with Crippen LogP contribution in [0.15, 0.2) is 12.1 Å². The summed E-state index contributed by atoms with van der Waals surface area (Å²) in [5.74, 6) is -0.916. The minimum Gasteiger partial charge on any atom is -0.497 e. The van der Waals surface area contributed by atoms with Crippen LogP contribution in [0.1, 0.15) is 10.4 Å². The summed E-state index contributed by atoms with van der Waals surface area (Å²) < 4.78 is 18.2. The summed E-state index contributed by atoms with van der Waals surface area (Å²) in [7, 11) is 2.83. The van der Waals surface area contributed by atoms with E-state index in [4.69, 9.17) is 10.5 Å². The molecule has 0 aliphatic rings. The lowest BCUT2D eigenvalue weighted by molar-refractivity contribution is 0.0959. The van der Waals surface area contributed by atoms with Gasteiger partial charge >= 0.3 is 0 Å². The van der Waals surface area contributed by atoms with Crippen LogP contribution in [-0.2, 0) is 0 Å². The van der Waals surface area contributed by atoms with E-state index < -0.39 is 11.7 Å². The van der Waals surface area contributed by atoms with E-state index in [0.29, 0.717) is 5.75 Å². The third-order valence-electron chi connectivity index (χ3n) is 1.78. The second-order valence-corrected chi connectivity index (χ2v) is 2.66. The van der Waals surface area contributed by atoms with Crippen LogP contribution < -0.4 is 15.8 Å². The number of anilines is 1. The van der Waals surface area contributed by atoms with Crippen LogP contribution in [-0.4, -0.2) is 20.1 Å². The molecule has 0 unspecified atom stereocenters. The highest BCUT2D eigenvalue weighted by molar-refractivity contribution is 5.95. The van der Waals surface area contributed by atoms with Gasteiger partial charge in [0.1, 0.15) is 5.75 Å². The molecule has 0 aromatic heterocycles. The number of carbonyl (C=O) groups excluding carboxylic acids is 1. The molecule has 0 aliphatic heterocycles. The fraction of sp³-hybridized carbons (Fsp3) is 0.222. The molecule has 0 spiro atoms. The van der Waals surface area contributed by atoms with Crippen LogP contribution in [0.2, 0.25) is 0 Å². The Kier molecular flexibility index (Phi) is 2.91. The molecule has 3 N–H and O–H groups in total. The maximum Gasteiger partial charge on any atom is 0.254 e. The molecule has 4 nitrogen and oxygen atoms in total. The Labute approximate surface area is 80.9 Å². The van der Waals surface area contributed by atoms with Gasteiger partial charge in [-0.25, -0.2) is 4.39 Å². The molecule has 14 heavy (non-hydrogen) atoms. The number of nitrogen functional groups attached to an aromatic ring is 1. The van der Waals surface area contributed by atoms with Gasteiger partial charge in [0.25, 0.3) is 5.91 Å². The normalized spacial score (nSPS) is 9.64. The van der Waals surface area contributed by atoms with Crippen molar-refractivity contribution in [3.63, 3.8) is 0 Å². The van der Waals surface area contributed by atoms with Crippen molar-refractivity contribution in [3.05, 3.63) is 23.5 Å². The number of rotatable bonds is 2.